The Hall–Kier alpha value is 0.170. The average Bonchev–Trinajstić information content (AvgIpc) is 1.85. The van der Waals surface area contributed by atoms with E-state index in [9.17, 15) is 4.79 Å². The normalized spacial score (nSPS) is 9.00. The van der Waals surface area contributed by atoms with Gasteiger partial charge in [-0.25, -0.2) is 0 Å². The van der Waals surface area contributed by atoms with Crippen LogP contribution in [-0.2, 0) is 4.79 Å². The molecule has 0 fully saturated rings. The van der Waals surface area contributed by atoms with Crippen LogP contribution in [0.25, 0.3) is 0 Å². The number of carbonyl (C=O) groups is 1. The van der Waals surface area contributed by atoms with Crippen LogP contribution in [0.5, 0.6) is 0 Å². The van der Waals surface area contributed by atoms with Gasteiger partial charge < -0.3 is 5.32 Å². The first-order valence-electron chi connectivity index (χ1n) is 2.82. The van der Waals surface area contributed by atoms with Gasteiger partial charge in [0.1, 0.15) is 0 Å². The van der Waals surface area contributed by atoms with E-state index in [1.165, 1.54) is 0 Å². The molecule has 4 heteroatoms. The Morgan fingerprint density at radius 1 is 1.60 bits per heavy atom. The molecule has 0 aromatic heterocycles. The van der Waals surface area contributed by atoms with Crippen LogP contribution in [0.1, 0.15) is 6.42 Å². The smallest absolute Gasteiger partial charge is 0.221 e. The zero-order valence-corrected chi connectivity index (χ0v) is 8.66. The lowest BCUT2D eigenvalue weighted by Crippen LogP contribution is -2.24. The molecule has 0 aliphatic rings. The first kappa shape index (κ1) is 10.2. The van der Waals surface area contributed by atoms with E-state index in [1.807, 2.05) is 0 Å². The Labute approximate surface area is 77.3 Å². The quantitative estimate of drug-likeness (QED) is 0.776. The molecule has 0 heterocycles. The van der Waals surface area contributed by atoms with Gasteiger partial charge in [0.05, 0.1) is 0 Å². The summed E-state index contributed by atoms with van der Waals surface area (Å²) in [5, 5.41) is 3.37. The van der Waals surface area contributed by atoms with Crippen LogP contribution < -0.4 is 5.32 Å². The number of alkyl halides is 1. The second-order valence-electron chi connectivity index (χ2n) is 1.73. The number of hydrogen-bond donors (Lipinski definition) is 1. The van der Waals surface area contributed by atoms with Crippen molar-refractivity contribution in [3.05, 3.63) is 11.1 Å². The van der Waals surface area contributed by atoms with Crippen molar-refractivity contribution in [1.29, 1.82) is 0 Å². The fraction of sp³-hybridized carbons (Fsp3) is 0.500. The minimum absolute atomic E-state index is 0.0393. The first-order chi connectivity index (χ1) is 4.66. The summed E-state index contributed by atoms with van der Waals surface area (Å²) >= 11 is 6.30. The molecule has 58 valence electrons. The molecule has 1 amide bonds. The van der Waals surface area contributed by atoms with Gasteiger partial charge in [0.25, 0.3) is 0 Å². The lowest BCUT2D eigenvalue weighted by molar-refractivity contribution is -0.120. The third kappa shape index (κ3) is 6.29. The van der Waals surface area contributed by atoms with Crippen molar-refractivity contribution >= 4 is 37.8 Å². The van der Waals surface area contributed by atoms with E-state index in [0.29, 0.717) is 18.3 Å². The number of amides is 1. The molecule has 0 unspecified atom stereocenters. The van der Waals surface area contributed by atoms with E-state index in [-0.39, 0.29) is 5.91 Å². The number of carbonyl (C=O) groups excluding carboxylic acids is 1. The summed E-state index contributed by atoms with van der Waals surface area (Å²) in [6, 6.07) is 0. The van der Waals surface area contributed by atoms with Gasteiger partial charge in [-0.05, 0) is 0 Å². The Morgan fingerprint density at radius 2 is 2.20 bits per heavy atom. The van der Waals surface area contributed by atoms with Crippen molar-refractivity contribution in [2.45, 2.75) is 6.42 Å². The van der Waals surface area contributed by atoms with Crippen LogP contribution in [0.15, 0.2) is 11.1 Å². The number of nitrogens with one attached hydrogen (secondary N) is 1. The van der Waals surface area contributed by atoms with Crippen LogP contribution >= 0.6 is 31.9 Å². The summed E-state index contributed by atoms with van der Waals surface area (Å²) in [6.45, 7) is 4.08. The van der Waals surface area contributed by atoms with Gasteiger partial charge in [0.2, 0.25) is 5.91 Å². The van der Waals surface area contributed by atoms with Gasteiger partial charge in [0.15, 0.2) is 0 Å². The van der Waals surface area contributed by atoms with Crippen LogP contribution in [-0.4, -0.2) is 17.8 Å². The lowest BCUT2D eigenvalue weighted by Gasteiger charge is -2.00. The number of halogens is 2. The number of hydrogen-bond acceptors (Lipinski definition) is 1. The lowest BCUT2D eigenvalue weighted by atomic mass is 10.4. The highest BCUT2D eigenvalue weighted by atomic mass is 79.9. The maximum absolute atomic E-state index is 10.7. The van der Waals surface area contributed by atoms with Gasteiger partial charge in [-0.1, -0.05) is 38.4 Å². The topological polar surface area (TPSA) is 29.1 Å². The van der Waals surface area contributed by atoms with E-state index in [2.05, 4.69) is 43.8 Å². The van der Waals surface area contributed by atoms with Crippen LogP contribution in [0, 0.1) is 0 Å². The molecule has 0 bridgehead atoms. The second kappa shape index (κ2) is 5.92. The van der Waals surface area contributed by atoms with Crippen LogP contribution in [0.2, 0.25) is 0 Å². The SMILES string of the molecule is C=C(Br)CNC(=O)CCBr. The molecule has 0 radical (unpaired) electrons. The molecule has 2 nitrogen and oxygen atoms in total. The minimum atomic E-state index is 0.0393. The maximum atomic E-state index is 10.7. The maximum Gasteiger partial charge on any atom is 0.221 e. The van der Waals surface area contributed by atoms with E-state index < -0.39 is 0 Å². The third-order valence-electron chi connectivity index (χ3n) is 0.799. The molecule has 0 saturated heterocycles. The highest BCUT2D eigenvalue weighted by Crippen LogP contribution is 1.97. The van der Waals surface area contributed by atoms with Gasteiger partial charge in [-0.15, -0.1) is 0 Å². The first-order valence-corrected chi connectivity index (χ1v) is 4.74. The fourth-order valence-electron chi connectivity index (χ4n) is 0.369. The summed E-state index contributed by atoms with van der Waals surface area (Å²) < 4.78 is 0.787. The number of rotatable bonds is 4. The minimum Gasteiger partial charge on any atom is -0.351 e. The van der Waals surface area contributed by atoms with Crippen molar-refractivity contribution < 1.29 is 4.79 Å². The molecule has 1 N–H and O–H groups in total. The zero-order valence-electron chi connectivity index (χ0n) is 5.49. The van der Waals surface area contributed by atoms with Crippen molar-refractivity contribution in [1.82, 2.24) is 5.32 Å². The predicted molar refractivity (Wildman–Crippen MR) is 49.5 cm³/mol. The van der Waals surface area contributed by atoms with Gasteiger partial charge in [0, 0.05) is 22.8 Å². The zero-order chi connectivity index (χ0) is 7.98. The molecule has 0 aromatic rings. The standard InChI is InChI=1S/C6H9Br2NO/c1-5(8)4-9-6(10)2-3-7/h1-4H2,(H,9,10). The Bertz CT molecular complexity index is 136. The predicted octanol–water partition coefficient (Wildman–Crippen LogP) is 1.80. The molecule has 10 heavy (non-hydrogen) atoms. The summed E-state index contributed by atoms with van der Waals surface area (Å²) in [6.07, 6.45) is 0.514. The summed E-state index contributed by atoms with van der Waals surface area (Å²) in [5.74, 6) is 0.0393. The average molecular weight is 271 g/mol. The van der Waals surface area contributed by atoms with Crippen LogP contribution in [0.3, 0.4) is 0 Å². The van der Waals surface area contributed by atoms with Crippen molar-refractivity contribution in [2.24, 2.45) is 0 Å². The molecule has 0 spiro atoms. The summed E-state index contributed by atoms with van der Waals surface area (Å²) in [5.41, 5.74) is 0. The van der Waals surface area contributed by atoms with Crippen molar-refractivity contribution in [2.75, 3.05) is 11.9 Å². The van der Waals surface area contributed by atoms with Crippen LogP contribution in [0.4, 0.5) is 0 Å². The fourth-order valence-corrected chi connectivity index (χ4v) is 0.869. The molecule has 0 aliphatic heterocycles. The monoisotopic (exact) mass is 269 g/mol. The third-order valence-corrected chi connectivity index (χ3v) is 1.48. The van der Waals surface area contributed by atoms with Gasteiger partial charge >= 0.3 is 0 Å². The molecule has 0 aliphatic carbocycles. The molecule has 0 rings (SSSR count). The Kier molecular flexibility index (Phi) is 6.02. The van der Waals surface area contributed by atoms with Gasteiger partial charge in [-0.2, -0.15) is 0 Å². The molecule has 0 aromatic carbocycles. The highest BCUT2D eigenvalue weighted by Gasteiger charge is 1.97. The molecular formula is C6H9Br2NO. The van der Waals surface area contributed by atoms with Gasteiger partial charge in [-0.3, -0.25) is 4.79 Å². The molecular weight excluding hydrogens is 262 g/mol. The summed E-state index contributed by atoms with van der Waals surface area (Å²) in [4.78, 5) is 10.7. The molecule has 0 saturated carbocycles. The molecule has 0 atom stereocenters. The van der Waals surface area contributed by atoms with Crippen molar-refractivity contribution in [3.8, 4) is 0 Å². The van der Waals surface area contributed by atoms with E-state index in [4.69, 9.17) is 0 Å². The second-order valence-corrected chi connectivity index (χ2v) is 3.65. The van der Waals surface area contributed by atoms with E-state index in [1.54, 1.807) is 0 Å². The van der Waals surface area contributed by atoms with E-state index in [0.717, 1.165) is 4.48 Å². The van der Waals surface area contributed by atoms with Crippen molar-refractivity contribution in [3.63, 3.8) is 0 Å². The van der Waals surface area contributed by atoms with E-state index >= 15 is 0 Å². The Morgan fingerprint density at radius 3 is 2.60 bits per heavy atom. The summed E-state index contributed by atoms with van der Waals surface area (Å²) in [7, 11) is 0. The highest BCUT2D eigenvalue weighted by molar-refractivity contribution is 9.11. The largest absolute Gasteiger partial charge is 0.351 e. The Balaban J connectivity index is 3.30.